The number of carbonyl (C=O) groups excluding carboxylic acids is 2. The number of fused-ring (bicyclic) bond motifs is 3. The minimum absolute atomic E-state index is 0.00142. The van der Waals surface area contributed by atoms with Crippen molar-refractivity contribution in [2.75, 3.05) is 4.90 Å². The second-order valence-corrected chi connectivity index (χ2v) is 7.24. The van der Waals surface area contributed by atoms with E-state index in [9.17, 15) is 9.59 Å². The van der Waals surface area contributed by atoms with E-state index in [0.29, 0.717) is 0 Å². The molecule has 0 spiro atoms. The molecule has 3 heteroatoms. The summed E-state index contributed by atoms with van der Waals surface area (Å²) in [7, 11) is 0. The molecule has 2 bridgehead atoms. The van der Waals surface area contributed by atoms with E-state index in [1.54, 1.807) is 0 Å². The molecule has 0 N–H and O–H groups in total. The van der Waals surface area contributed by atoms with Gasteiger partial charge in [0.25, 0.3) is 0 Å². The fraction of sp³-hybridized carbons (Fsp3) is 0.333. The van der Waals surface area contributed by atoms with E-state index in [0.717, 1.165) is 35.7 Å². The van der Waals surface area contributed by atoms with Crippen LogP contribution in [0.25, 0.3) is 10.8 Å². The molecule has 1 heterocycles. The van der Waals surface area contributed by atoms with Gasteiger partial charge in [0.05, 0.1) is 17.5 Å². The summed E-state index contributed by atoms with van der Waals surface area (Å²) >= 11 is 0. The molecule has 1 saturated heterocycles. The average molecular weight is 317 g/mol. The van der Waals surface area contributed by atoms with Gasteiger partial charge in [-0.3, -0.25) is 9.59 Å². The summed E-state index contributed by atoms with van der Waals surface area (Å²) in [6.07, 6.45) is 7.55. The van der Waals surface area contributed by atoms with Gasteiger partial charge < -0.3 is 0 Å². The van der Waals surface area contributed by atoms with Crippen molar-refractivity contribution in [3.63, 3.8) is 0 Å². The Morgan fingerprint density at radius 3 is 2.08 bits per heavy atom. The third kappa shape index (κ3) is 1.84. The SMILES string of the molecule is O=C1[C@@H]2C3C=CC(CCC3)[C@@H]2C(=O)N1c1ccc2ccccc2c1. The van der Waals surface area contributed by atoms with Crippen molar-refractivity contribution >= 4 is 28.3 Å². The van der Waals surface area contributed by atoms with Gasteiger partial charge in [0, 0.05) is 0 Å². The molecule has 0 aromatic heterocycles. The molecule has 120 valence electrons. The lowest BCUT2D eigenvalue weighted by Gasteiger charge is -2.27. The largest absolute Gasteiger partial charge is 0.274 e. The zero-order valence-electron chi connectivity index (χ0n) is 13.4. The predicted octanol–water partition coefficient (Wildman–Crippen LogP) is 3.93. The standard InChI is InChI=1S/C21H19NO2/c23-20-18-14-6-3-7-15(9-8-14)19(18)21(24)22(20)17-11-10-13-4-1-2-5-16(13)12-17/h1-2,4-5,8-12,14-15,18-19H,3,6-7H2/t14?,15?,18-,19+. The summed E-state index contributed by atoms with van der Waals surface area (Å²) in [4.78, 5) is 27.7. The van der Waals surface area contributed by atoms with Crippen LogP contribution < -0.4 is 4.90 Å². The number of rotatable bonds is 1. The van der Waals surface area contributed by atoms with Crippen molar-refractivity contribution in [1.82, 2.24) is 0 Å². The number of anilines is 1. The van der Waals surface area contributed by atoms with Crippen LogP contribution in [0.3, 0.4) is 0 Å². The summed E-state index contributed by atoms with van der Waals surface area (Å²) in [5.74, 6) is 0.164. The van der Waals surface area contributed by atoms with E-state index < -0.39 is 0 Å². The first-order valence-corrected chi connectivity index (χ1v) is 8.79. The lowest BCUT2D eigenvalue weighted by atomic mass is 9.73. The molecule has 1 aliphatic heterocycles. The number of allylic oxidation sites excluding steroid dienone is 2. The quantitative estimate of drug-likeness (QED) is 0.590. The van der Waals surface area contributed by atoms with Crippen LogP contribution in [-0.4, -0.2) is 11.8 Å². The molecule has 3 nitrogen and oxygen atoms in total. The molecular formula is C21H19NO2. The summed E-state index contributed by atoms with van der Waals surface area (Å²) in [5.41, 5.74) is 0.719. The van der Waals surface area contributed by atoms with E-state index in [-0.39, 0.29) is 35.5 Å². The Bertz CT molecular complexity index is 852. The summed E-state index contributed by atoms with van der Waals surface area (Å²) in [6.45, 7) is 0. The number of imide groups is 1. The van der Waals surface area contributed by atoms with Crippen LogP contribution in [0.15, 0.2) is 54.6 Å². The van der Waals surface area contributed by atoms with Crippen molar-refractivity contribution in [2.24, 2.45) is 23.7 Å². The second kappa shape index (κ2) is 5.04. The van der Waals surface area contributed by atoms with Gasteiger partial charge in [0.2, 0.25) is 11.8 Å². The smallest absolute Gasteiger partial charge is 0.238 e. The first-order valence-electron chi connectivity index (χ1n) is 8.79. The van der Waals surface area contributed by atoms with Crippen LogP contribution in [0.4, 0.5) is 5.69 Å². The molecule has 2 fully saturated rings. The Labute approximate surface area is 141 Å². The van der Waals surface area contributed by atoms with Crippen LogP contribution in [0.2, 0.25) is 0 Å². The fourth-order valence-corrected chi connectivity index (χ4v) is 4.85. The van der Waals surface area contributed by atoms with Crippen LogP contribution >= 0.6 is 0 Å². The predicted molar refractivity (Wildman–Crippen MR) is 93.4 cm³/mol. The van der Waals surface area contributed by atoms with Crippen LogP contribution in [0.1, 0.15) is 19.3 Å². The highest BCUT2D eigenvalue weighted by atomic mass is 16.2. The van der Waals surface area contributed by atoms with E-state index in [2.05, 4.69) is 12.2 Å². The van der Waals surface area contributed by atoms with E-state index in [1.165, 1.54) is 4.90 Å². The maximum Gasteiger partial charge on any atom is 0.238 e. The lowest BCUT2D eigenvalue weighted by Crippen LogP contribution is -2.32. The van der Waals surface area contributed by atoms with Crippen molar-refractivity contribution in [2.45, 2.75) is 19.3 Å². The minimum Gasteiger partial charge on any atom is -0.274 e. The van der Waals surface area contributed by atoms with Crippen molar-refractivity contribution in [1.29, 1.82) is 0 Å². The third-order valence-corrected chi connectivity index (χ3v) is 5.99. The van der Waals surface area contributed by atoms with Crippen LogP contribution in [0.5, 0.6) is 0 Å². The van der Waals surface area contributed by atoms with Gasteiger partial charge >= 0.3 is 0 Å². The molecule has 2 aromatic carbocycles. The van der Waals surface area contributed by atoms with Gasteiger partial charge in [-0.25, -0.2) is 4.90 Å². The van der Waals surface area contributed by atoms with E-state index >= 15 is 0 Å². The Kier molecular flexibility index (Phi) is 2.93. The summed E-state index contributed by atoms with van der Waals surface area (Å²) in [6, 6.07) is 13.9. The zero-order chi connectivity index (χ0) is 16.3. The molecule has 1 saturated carbocycles. The van der Waals surface area contributed by atoms with Gasteiger partial charge in [-0.1, -0.05) is 48.9 Å². The normalized spacial score (nSPS) is 31.6. The van der Waals surface area contributed by atoms with Crippen LogP contribution in [-0.2, 0) is 9.59 Å². The zero-order valence-corrected chi connectivity index (χ0v) is 13.4. The first-order chi connectivity index (χ1) is 11.7. The molecule has 0 radical (unpaired) electrons. The van der Waals surface area contributed by atoms with Gasteiger partial charge in [-0.15, -0.1) is 0 Å². The monoisotopic (exact) mass is 317 g/mol. The molecule has 4 atom stereocenters. The van der Waals surface area contributed by atoms with Crippen molar-refractivity contribution in [3.8, 4) is 0 Å². The number of benzene rings is 2. The summed E-state index contributed by atoms with van der Waals surface area (Å²) < 4.78 is 0. The molecule has 2 amide bonds. The third-order valence-electron chi connectivity index (χ3n) is 5.99. The second-order valence-electron chi connectivity index (χ2n) is 7.24. The van der Waals surface area contributed by atoms with Crippen molar-refractivity contribution < 1.29 is 9.59 Å². The molecular weight excluding hydrogens is 298 g/mol. The molecule has 4 aliphatic rings. The minimum atomic E-state index is -0.151. The highest BCUT2D eigenvalue weighted by molar-refractivity contribution is 6.23. The number of hydrogen-bond donors (Lipinski definition) is 0. The van der Waals surface area contributed by atoms with Gasteiger partial charge in [0.15, 0.2) is 0 Å². The Hall–Kier alpha value is -2.42. The van der Waals surface area contributed by atoms with Crippen LogP contribution in [0, 0.1) is 23.7 Å². The van der Waals surface area contributed by atoms with E-state index in [4.69, 9.17) is 0 Å². The maximum atomic E-state index is 13.1. The number of nitrogens with zero attached hydrogens (tertiary/aromatic N) is 1. The highest BCUT2D eigenvalue weighted by Gasteiger charge is 2.55. The number of amides is 2. The van der Waals surface area contributed by atoms with E-state index in [1.807, 2.05) is 42.5 Å². The van der Waals surface area contributed by atoms with Gasteiger partial charge in [0.1, 0.15) is 0 Å². The molecule has 6 rings (SSSR count). The Morgan fingerprint density at radius 1 is 0.792 bits per heavy atom. The summed E-state index contributed by atoms with van der Waals surface area (Å²) in [5, 5.41) is 2.18. The van der Waals surface area contributed by atoms with Gasteiger partial charge in [-0.05, 0) is 47.6 Å². The number of hydrogen-bond acceptors (Lipinski definition) is 2. The maximum absolute atomic E-state index is 13.1. The average Bonchev–Trinajstić information content (AvgIpc) is 2.82. The fourth-order valence-electron chi connectivity index (χ4n) is 4.85. The lowest BCUT2D eigenvalue weighted by molar-refractivity contribution is -0.122. The Balaban J connectivity index is 1.59. The topological polar surface area (TPSA) is 37.4 Å². The molecule has 3 aliphatic carbocycles. The first kappa shape index (κ1) is 14.0. The number of carbonyl (C=O) groups is 2. The Morgan fingerprint density at radius 2 is 1.42 bits per heavy atom. The molecule has 2 unspecified atom stereocenters. The van der Waals surface area contributed by atoms with Gasteiger partial charge in [-0.2, -0.15) is 0 Å². The molecule has 24 heavy (non-hydrogen) atoms. The highest BCUT2D eigenvalue weighted by Crippen LogP contribution is 2.48. The van der Waals surface area contributed by atoms with Crippen molar-refractivity contribution in [3.05, 3.63) is 54.6 Å². The molecule has 2 aromatic rings.